The monoisotopic (exact) mass is 192 g/mol. The van der Waals surface area contributed by atoms with Crippen LogP contribution in [0.4, 0.5) is 8.78 Å². The summed E-state index contributed by atoms with van der Waals surface area (Å²) in [5.41, 5.74) is 0.0270. The third-order valence-electron chi connectivity index (χ3n) is 1.50. The molecule has 0 radical (unpaired) electrons. The van der Waals surface area contributed by atoms with Crippen molar-refractivity contribution in [3.8, 4) is 0 Å². The van der Waals surface area contributed by atoms with E-state index in [2.05, 4.69) is 0 Å². The maximum atomic E-state index is 12.9. The maximum Gasteiger partial charge on any atom is 0.142 e. The zero-order chi connectivity index (χ0) is 9.14. The molecule has 0 spiro atoms. The van der Waals surface area contributed by atoms with Crippen molar-refractivity contribution in [2.75, 3.05) is 6.61 Å². The molecule has 1 N–H and O–H groups in total. The largest absolute Gasteiger partial charge is 0.396 e. The van der Waals surface area contributed by atoms with Crippen molar-refractivity contribution in [3.63, 3.8) is 0 Å². The topological polar surface area (TPSA) is 20.2 Å². The Morgan fingerprint density at radius 1 is 1.25 bits per heavy atom. The molecule has 1 nitrogen and oxygen atoms in total. The van der Waals surface area contributed by atoms with Gasteiger partial charge < -0.3 is 5.11 Å². The molecule has 1 aromatic carbocycles. The van der Waals surface area contributed by atoms with Gasteiger partial charge in [-0.05, 0) is 18.6 Å². The van der Waals surface area contributed by atoms with Gasteiger partial charge in [0.25, 0.3) is 0 Å². The molecule has 0 heterocycles. The first kappa shape index (κ1) is 9.42. The molecule has 0 saturated heterocycles. The van der Waals surface area contributed by atoms with Gasteiger partial charge in [0.1, 0.15) is 11.6 Å². The minimum Gasteiger partial charge on any atom is -0.396 e. The van der Waals surface area contributed by atoms with E-state index in [4.69, 9.17) is 16.7 Å². The Morgan fingerprint density at radius 3 is 2.42 bits per heavy atom. The van der Waals surface area contributed by atoms with E-state index in [-0.39, 0.29) is 23.6 Å². The number of aliphatic hydroxyl groups excluding tert-OH is 1. The summed E-state index contributed by atoms with van der Waals surface area (Å²) < 4.78 is 25.6. The number of hydrogen-bond donors (Lipinski definition) is 1. The van der Waals surface area contributed by atoms with Crippen LogP contribution in [0.3, 0.4) is 0 Å². The van der Waals surface area contributed by atoms with Crippen LogP contribution in [0.2, 0.25) is 5.02 Å². The zero-order valence-corrected chi connectivity index (χ0v) is 6.91. The quantitative estimate of drug-likeness (QED) is 0.712. The first-order valence-electron chi connectivity index (χ1n) is 3.40. The highest BCUT2D eigenvalue weighted by atomic mass is 35.5. The van der Waals surface area contributed by atoms with Crippen LogP contribution in [0.1, 0.15) is 5.56 Å². The van der Waals surface area contributed by atoms with Gasteiger partial charge in [0.05, 0.1) is 5.02 Å². The first-order valence-corrected chi connectivity index (χ1v) is 3.78. The molecule has 0 aliphatic rings. The predicted octanol–water partition coefficient (Wildman–Crippen LogP) is 2.15. The third-order valence-corrected chi connectivity index (χ3v) is 1.91. The average molecular weight is 193 g/mol. The lowest BCUT2D eigenvalue weighted by Crippen LogP contribution is -1.97. The molecule has 0 aliphatic carbocycles. The summed E-state index contributed by atoms with van der Waals surface area (Å²) in [5, 5.41) is 8.27. The van der Waals surface area contributed by atoms with Crippen LogP contribution in [0.25, 0.3) is 0 Å². The van der Waals surface area contributed by atoms with Crippen LogP contribution in [-0.2, 0) is 6.42 Å². The highest BCUT2D eigenvalue weighted by Crippen LogP contribution is 2.22. The predicted molar refractivity (Wildman–Crippen MR) is 42.2 cm³/mol. The second-order valence-electron chi connectivity index (χ2n) is 2.30. The standard InChI is InChI=1S/C8H7ClF2O/c9-8-5(3-4-12)6(10)1-2-7(8)11/h1-2,12H,3-4H2. The summed E-state index contributed by atoms with van der Waals surface area (Å²) in [6.07, 6.45) is 0.0302. The molecule has 0 aromatic heterocycles. The van der Waals surface area contributed by atoms with Crippen molar-refractivity contribution < 1.29 is 13.9 Å². The smallest absolute Gasteiger partial charge is 0.142 e. The van der Waals surface area contributed by atoms with E-state index in [9.17, 15) is 8.78 Å². The normalized spacial score (nSPS) is 10.3. The Bertz CT molecular complexity index is 289. The van der Waals surface area contributed by atoms with Crippen LogP contribution in [-0.4, -0.2) is 11.7 Å². The number of rotatable bonds is 2. The zero-order valence-electron chi connectivity index (χ0n) is 6.15. The third kappa shape index (κ3) is 1.73. The van der Waals surface area contributed by atoms with Crippen molar-refractivity contribution in [1.29, 1.82) is 0 Å². The molecule has 4 heteroatoms. The lowest BCUT2D eigenvalue weighted by Gasteiger charge is -2.03. The molecule has 0 bridgehead atoms. The highest BCUT2D eigenvalue weighted by Gasteiger charge is 2.10. The molecule has 0 aliphatic heterocycles. The number of halogens is 3. The van der Waals surface area contributed by atoms with E-state index < -0.39 is 11.6 Å². The maximum absolute atomic E-state index is 12.9. The summed E-state index contributed by atoms with van der Waals surface area (Å²) in [6.45, 7) is -0.250. The molecule has 12 heavy (non-hydrogen) atoms. The summed E-state index contributed by atoms with van der Waals surface area (Å²) in [4.78, 5) is 0. The van der Waals surface area contributed by atoms with Crippen molar-refractivity contribution in [2.24, 2.45) is 0 Å². The molecule has 0 fully saturated rings. The van der Waals surface area contributed by atoms with Gasteiger partial charge in [-0.2, -0.15) is 0 Å². The van der Waals surface area contributed by atoms with E-state index >= 15 is 0 Å². The van der Waals surface area contributed by atoms with Gasteiger partial charge in [-0.3, -0.25) is 0 Å². The van der Waals surface area contributed by atoms with Gasteiger partial charge in [-0.1, -0.05) is 11.6 Å². The number of aliphatic hydroxyl groups is 1. The summed E-state index contributed by atoms with van der Waals surface area (Å²) in [6, 6.07) is 1.95. The minimum absolute atomic E-state index is 0.0270. The Hall–Kier alpha value is -0.670. The van der Waals surface area contributed by atoms with Crippen LogP contribution in [0.15, 0.2) is 12.1 Å². The van der Waals surface area contributed by atoms with Gasteiger partial charge in [-0.15, -0.1) is 0 Å². The van der Waals surface area contributed by atoms with E-state index in [0.717, 1.165) is 12.1 Å². The Morgan fingerprint density at radius 2 is 1.83 bits per heavy atom. The Balaban J connectivity index is 3.14. The van der Waals surface area contributed by atoms with E-state index in [1.54, 1.807) is 0 Å². The summed E-state index contributed by atoms with van der Waals surface area (Å²) in [7, 11) is 0. The van der Waals surface area contributed by atoms with Gasteiger partial charge in [-0.25, -0.2) is 8.78 Å². The number of benzene rings is 1. The fourth-order valence-corrected chi connectivity index (χ4v) is 1.16. The Kier molecular flexibility index (Phi) is 3.00. The van der Waals surface area contributed by atoms with Crippen LogP contribution >= 0.6 is 11.6 Å². The summed E-state index contributed by atoms with van der Waals surface area (Å²) >= 11 is 5.45. The molecular weight excluding hydrogens is 186 g/mol. The molecule has 0 unspecified atom stereocenters. The number of hydrogen-bond acceptors (Lipinski definition) is 1. The molecule has 0 saturated carbocycles. The SMILES string of the molecule is OCCc1c(F)ccc(F)c1Cl. The molecule has 0 amide bonds. The average Bonchev–Trinajstić information content (AvgIpc) is 2.06. The van der Waals surface area contributed by atoms with Crippen molar-refractivity contribution in [3.05, 3.63) is 34.4 Å². The van der Waals surface area contributed by atoms with Gasteiger partial charge in [0, 0.05) is 12.2 Å². The lowest BCUT2D eigenvalue weighted by atomic mass is 10.1. The summed E-state index contributed by atoms with van der Waals surface area (Å²) in [5.74, 6) is -1.25. The van der Waals surface area contributed by atoms with Gasteiger partial charge in [0.2, 0.25) is 0 Å². The molecule has 0 atom stereocenters. The Labute approximate surface area is 73.6 Å². The second kappa shape index (κ2) is 3.83. The molecule has 1 aromatic rings. The molecule has 66 valence electrons. The molecular formula is C8H7ClF2O. The fraction of sp³-hybridized carbons (Fsp3) is 0.250. The highest BCUT2D eigenvalue weighted by molar-refractivity contribution is 6.31. The van der Waals surface area contributed by atoms with Crippen LogP contribution in [0, 0.1) is 11.6 Å². The first-order chi connectivity index (χ1) is 5.66. The van der Waals surface area contributed by atoms with Gasteiger partial charge >= 0.3 is 0 Å². The van der Waals surface area contributed by atoms with Crippen LogP contribution < -0.4 is 0 Å². The van der Waals surface area contributed by atoms with E-state index in [1.165, 1.54) is 0 Å². The fourth-order valence-electron chi connectivity index (χ4n) is 0.910. The lowest BCUT2D eigenvalue weighted by molar-refractivity contribution is 0.297. The van der Waals surface area contributed by atoms with Crippen molar-refractivity contribution >= 4 is 11.6 Å². The van der Waals surface area contributed by atoms with E-state index in [0.29, 0.717) is 0 Å². The second-order valence-corrected chi connectivity index (χ2v) is 2.67. The van der Waals surface area contributed by atoms with Gasteiger partial charge in [0.15, 0.2) is 0 Å². The minimum atomic E-state index is -0.665. The van der Waals surface area contributed by atoms with E-state index in [1.807, 2.05) is 0 Å². The van der Waals surface area contributed by atoms with Crippen molar-refractivity contribution in [1.82, 2.24) is 0 Å². The van der Waals surface area contributed by atoms with Crippen LogP contribution in [0.5, 0.6) is 0 Å². The van der Waals surface area contributed by atoms with Crippen molar-refractivity contribution in [2.45, 2.75) is 6.42 Å². The molecule has 1 rings (SSSR count).